The fraction of sp³-hybridized carbons (Fsp3) is 0.345. The van der Waals surface area contributed by atoms with Crippen LogP contribution in [0.4, 0.5) is 5.69 Å². The molecule has 5 rings (SSSR count). The van der Waals surface area contributed by atoms with Crippen LogP contribution in [0.2, 0.25) is 0 Å². The number of rotatable bonds is 9. The van der Waals surface area contributed by atoms with Gasteiger partial charge in [0.2, 0.25) is 5.88 Å². The number of benzene rings is 2. The molecule has 1 saturated heterocycles. The average molecular weight is 515 g/mol. The zero-order valence-corrected chi connectivity index (χ0v) is 22.2. The summed E-state index contributed by atoms with van der Waals surface area (Å²) >= 11 is 0. The number of nitrogens with zero attached hydrogens (tertiary/aromatic N) is 4. The Morgan fingerprint density at radius 2 is 1.89 bits per heavy atom. The molecule has 2 aromatic heterocycles. The second kappa shape index (κ2) is 11.6. The van der Waals surface area contributed by atoms with Crippen molar-refractivity contribution in [2.75, 3.05) is 51.3 Å². The zero-order valence-electron chi connectivity index (χ0n) is 22.2. The molecule has 1 aliphatic rings. The zero-order chi connectivity index (χ0) is 26.5. The highest BCUT2D eigenvalue weighted by Gasteiger charge is 2.17. The van der Waals surface area contributed by atoms with Gasteiger partial charge in [-0.05, 0) is 50.1 Å². The first-order valence-electron chi connectivity index (χ1n) is 13.1. The lowest BCUT2D eigenvalue weighted by Crippen LogP contribution is -2.39. The standard InChI is InChI=1S/C29H34N6O3/c1-4-30-29(36)23-10-9-22(17-21(23)3)25-19-32-28-24(31-11-12-34-13-15-37-16-14-34)18-27(33-35(25)28)38-26-8-6-5-7-20(26)2/h5-10,17-19,31H,4,11-16H2,1-3H3,(H,30,36). The number of fused-ring (bicyclic) bond motifs is 1. The highest BCUT2D eigenvalue weighted by Crippen LogP contribution is 2.30. The number of carbonyl (C=O) groups is 1. The third-order valence-corrected chi connectivity index (χ3v) is 6.70. The highest BCUT2D eigenvalue weighted by atomic mass is 16.5. The number of carbonyl (C=O) groups excluding carboxylic acids is 1. The van der Waals surface area contributed by atoms with E-state index >= 15 is 0 Å². The Bertz CT molecular complexity index is 1430. The van der Waals surface area contributed by atoms with Gasteiger partial charge < -0.3 is 20.1 Å². The van der Waals surface area contributed by atoms with Gasteiger partial charge in [0.25, 0.3) is 5.91 Å². The molecule has 1 fully saturated rings. The van der Waals surface area contributed by atoms with E-state index < -0.39 is 0 Å². The number of hydrogen-bond acceptors (Lipinski definition) is 7. The smallest absolute Gasteiger partial charge is 0.251 e. The van der Waals surface area contributed by atoms with Crippen LogP contribution in [0.3, 0.4) is 0 Å². The van der Waals surface area contributed by atoms with Crippen LogP contribution < -0.4 is 15.4 Å². The van der Waals surface area contributed by atoms with Crippen molar-refractivity contribution in [3.8, 4) is 22.9 Å². The number of aryl methyl sites for hydroxylation is 2. The fourth-order valence-corrected chi connectivity index (χ4v) is 4.61. The van der Waals surface area contributed by atoms with Crippen LogP contribution in [0.15, 0.2) is 54.7 Å². The minimum atomic E-state index is -0.0755. The summed E-state index contributed by atoms with van der Waals surface area (Å²) in [6.07, 6.45) is 1.81. The predicted octanol–water partition coefficient (Wildman–Crippen LogP) is 4.30. The molecule has 2 aromatic carbocycles. The van der Waals surface area contributed by atoms with E-state index in [9.17, 15) is 4.79 Å². The maximum atomic E-state index is 12.4. The van der Waals surface area contributed by atoms with Crippen molar-refractivity contribution in [1.82, 2.24) is 24.8 Å². The number of aromatic nitrogens is 3. The molecule has 2 N–H and O–H groups in total. The van der Waals surface area contributed by atoms with E-state index in [2.05, 4.69) is 15.5 Å². The van der Waals surface area contributed by atoms with E-state index in [1.54, 1.807) is 0 Å². The van der Waals surface area contributed by atoms with Crippen molar-refractivity contribution < 1.29 is 14.3 Å². The van der Waals surface area contributed by atoms with Gasteiger partial charge in [0.15, 0.2) is 5.65 Å². The Morgan fingerprint density at radius 3 is 2.66 bits per heavy atom. The van der Waals surface area contributed by atoms with E-state index in [4.69, 9.17) is 19.6 Å². The third-order valence-electron chi connectivity index (χ3n) is 6.70. The third kappa shape index (κ3) is 5.64. The van der Waals surface area contributed by atoms with Crippen molar-refractivity contribution >= 4 is 17.2 Å². The molecule has 0 radical (unpaired) electrons. The molecule has 0 atom stereocenters. The molecule has 38 heavy (non-hydrogen) atoms. The van der Waals surface area contributed by atoms with E-state index in [1.807, 2.05) is 80.0 Å². The molecule has 1 amide bonds. The van der Waals surface area contributed by atoms with Gasteiger partial charge in [-0.25, -0.2) is 9.50 Å². The number of nitrogens with one attached hydrogen (secondary N) is 2. The van der Waals surface area contributed by atoms with Crippen LogP contribution in [0.1, 0.15) is 28.4 Å². The molecule has 0 spiro atoms. The lowest BCUT2D eigenvalue weighted by atomic mass is 10.0. The maximum absolute atomic E-state index is 12.4. The van der Waals surface area contributed by atoms with Gasteiger partial charge in [0.1, 0.15) is 5.75 Å². The first-order chi connectivity index (χ1) is 18.5. The average Bonchev–Trinajstić information content (AvgIpc) is 3.35. The van der Waals surface area contributed by atoms with Crippen molar-refractivity contribution in [2.45, 2.75) is 20.8 Å². The SMILES string of the molecule is CCNC(=O)c1ccc(-c2cnc3c(NCCN4CCOCC4)cc(Oc4ccccc4C)nn23)cc1C. The number of para-hydroxylation sites is 1. The molecule has 9 nitrogen and oxygen atoms in total. The second-order valence-electron chi connectivity index (χ2n) is 9.41. The number of hydrogen-bond donors (Lipinski definition) is 2. The van der Waals surface area contributed by atoms with Gasteiger partial charge in [-0.2, -0.15) is 0 Å². The minimum absolute atomic E-state index is 0.0755. The second-order valence-corrected chi connectivity index (χ2v) is 9.41. The van der Waals surface area contributed by atoms with Crippen molar-refractivity contribution in [3.63, 3.8) is 0 Å². The Morgan fingerprint density at radius 1 is 1.08 bits per heavy atom. The van der Waals surface area contributed by atoms with Crippen LogP contribution in [0.25, 0.3) is 16.9 Å². The molecule has 0 aliphatic carbocycles. The topological polar surface area (TPSA) is 93.0 Å². The van der Waals surface area contributed by atoms with Gasteiger partial charge in [-0.1, -0.05) is 24.3 Å². The summed E-state index contributed by atoms with van der Waals surface area (Å²) in [5.41, 5.74) is 5.87. The molecule has 0 bridgehead atoms. The largest absolute Gasteiger partial charge is 0.437 e. The van der Waals surface area contributed by atoms with Crippen LogP contribution in [0.5, 0.6) is 11.6 Å². The Hall–Kier alpha value is -3.95. The first kappa shape index (κ1) is 25.7. The number of morpholine rings is 1. The normalized spacial score (nSPS) is 14.0. The van der Waals surface area contributed by atoms with Gasteiger partial charge in [-0.3, -0.25) is 9.69 Å². The van der Waals surface area contributed by atoms with Crippen molar-refractivity contribution in [1.29, 1.82) is 0 Å². The molecule has 4 aromatic rings. The summed E-state index contributed by atoms with van der Waals surface area (Å²) in [5, 5.41) is 11.2. The summed E-state index contributed by atoms with van der Waals surface area (Å²) in [6, 6.07) is 15.6. The summed E-state index contributed by atoms with van der Waals surface area (Å²) in [7, 11) is 0. The van der Waals surface area contributed by atoms with E-state index in [-0.39, 0.29) is 5.91 Å². The lowest BCUT2D eigenvalue weighted by molar-refractivity contribution is 0.0398. The fourth-order valence-electron chi connectivity index (χ4n) is 4.61. The van der Waals surface area contributed by atoms with E-state index in [0.717, 1.165) is 73.2 Å². The first-order valence-corrected chi connectivity index (χ1v) is 13.1. The molecular weight excluding hydrogens is 480 g/mol. The summed E-state index contributed by atoms with van der Waals surface area (Å²) < 4.78 is 13.5. The van der Waals surface area contributed by atoms with E-state index in [1.165, 1.54) is 0 Å². The number of imidazole rings is 1. The van der Waals surface area contributed by atoms with Crippen molar-refractivity contribution in [2.24, 2.45) is 0 Å². The summed E-state index contributed by atoms with van der Waals surface area (Å²) in [6.45, 7) is 11.5. The quantitative estimate of drug-likeness (QED) is 0.344. The summed E-state index contributed by atoms with van der Waals surface area (Å²) in [4.78, 5) is 19.5. The van der Waals surface area contributed by atoms with Crippen LogP contribution >= 0.6 is 0 Å². The highest BCUT2D eigenvalue weighted by molar-refractivity contribution is 5.96. The maximum Gasteiger partial charge on any atom is 0.251 e. The van der Waals surface area contributed by atoms with Crippen LogP contribution in [-0.4, -0.2) is 71.3 Å². The minimum Gasteiger partial charge on any atom is -0.437 e. The number of anilines is 1. The molecular formula is C29H34N6O3. The summed E-state index contributed by atoms with van der Waals surface area (Å²) in [5.74, 6) is 1.14. The monoisotopic (exact) mass is 514 g/mol. The van der Waals surface area contributed by atoms with Crippen LogP contribution in [0, 0.1) is 13.8 Å². The molecule has 0 saturated carbocycles. The predicted molar refractivity (Wildman–Crippen MR) is 148 cm³/mol. The molecule has 198 valence electrons. The van der Waals surface area contributed by atoms with Crippen molar-refractivity contribution in [3.05, 3.63) is 71.4 Å². The lowest BCUT2D eigenvalue weighted by Gasteiger charge is -2.26. The molecule has 1 aliphatic heterocycles. The van der Waals surface area contributed by atoms with Crippen LogP contribution in [-0.2, 0) is 4.74 Å². The number of amides is 1. The van der Waals surface area contributed by atoms with Gasteiger partial charge in [0.05, 0.1) is 30.8 Å². The Kier molecular flexibility index (Phi) is 7.86. The Labute approximate surface area is 222 Å². The Balaban J connectivity index is 1.49. The number of ether oxygens (including phenoxy) is 2. The van der Waals surface area contributed by atoms with Gasteiger partial charge in [-0.15, -0.1) is 5.10 Å². The molecule has 3 heterocycles. The van der Waals surface area contributed by atoms with Gasteiger partial charge in [0, 0.05) is 49.9 Å². The van der Waals surface area contributed by atoms with Gasteiger partial charge >= 0.3 is 0 Å². The van der Waals surface area contributed by atoms with E-state index in [0.29, 0.717) is 23.6 Å². The molecule has 0 unspecified atom stereocenters. The molecule has 9 heteroatoms.